The average molecular weight is 406 g/mol. The van der Waals surface area contributed by atoms with Crippen LogP contribution in [0.25, 0.3) is 0 Å². The minimum absolute atomic E-state index is 0.0394. The summed E-state index contributed by atoms with van der Waals surface area (Å²) in [4.78, 5) is 27.4. The van der Waals surface area contributed by atoms with Gasteiger partial charge >= 0.3 is 0 Å². The Labute approximate surface area is 178 Å². The molecule has 0 aromatic heterocycles. The molecule has 1 amide bonds. The molecule has 2 aromatic carbocycles. The van der Waals surface area contributed by atoms with E-state index in [0.717, 1.165) is 55.7 Å². The summed E-state index contributed by atoms with van der Waals surface area (Å²) in [6.45, 7) is 2.16. The molecule has 0 saturated carbocycles. The van der Waals surface area contributed by atoms with Gasteiger partial charge in [0.25, 0.3) is 0 Å². The van der Waals surface area contributed by atoms with E-state index in [1.165, 1.54) is 17.5 Å². The first-order valence-electron chi connectivity index (χ1n) is 11.1. The molecular formula is C25H31N3O2. The van der Waals surface area contributed by atoms with Crippen LogP contribution in [-0.4, -0.2) is 42.8 Å². The lowest BCUT2D eigenvalue weighted by Gasteiger charge is -2.30. The highest BCUT2D eigenvalue weighted by Crippen LogP contribution is 2.25. The highest BCUT2D eigenvalue weighted by Gasteiger charge is 2.18. The van der Waals surface area contributed by atoms with Crippen molar-refractivity contribution in [2.45, 2.75) is 51.0 Å². The molecular weight excluding hydrogens is 374 g/mol. The zero-order chi connectivity index (χ0) is 20.9. The SMILES string of the molecule is CN1CCC(Nc2ccccc2NC(=O)CCC(=O)c2ccc3c(c2)CCC3)CC1. The monoisotopic (exact) mass is 405 g/mol. The average Bonchev–Trinajstić information content (AvgIpc) is 3.23. The fourth-order valence-corrected chi connectivity index (χ4v) is 4.42. The van der Waals surface area contributed by atoms with Crippen LogP contribution in [0, 0.1) is 0 Å². The van der Waals surface area contributed by atoms with Gasteiger partial charge in [-0.05, 0) is 81.6 Å². The van der Waals surface area contributed by atoms with E-state index in [2.05, 4.69) is 28.6 Å². The van der Waals surface area contributed by atoms with Gasteiger partial charge < -0.3 is 15.5 Å². The number of benzene rings is 2. The molecule has 1 aliphatic carbocycles. The van der Waals surface area contributed by atoms with Crippen LogP contribution in [0.15, 0.2) is 42.5 Å². The molecule has 2 aliphatic rings. The van der Waals surface area contributed by atoms with Gasteiger partial charge in [0.05, 0.1) is 11.4 Å². The Bertz CT molecular complexity index is 916. The van der Waals surface area contributed by atoms with Crippen molar-refractivity contribution in [3.8, 4) is 0 Å². The minimum Gasteiger partial charge on any atom is -0.381 e. The molecule has 2 aromatic rings. The van der Waals surface area contributed by atoms with E-state index in [0.29, 0.717) is 6.04 Å². The smallest absolute Gasteiger partial charge is 0.224 e. The summed E-state index contributed by atoms with van der Waals surface area (Å²) in [5.74, 6) is -0.0836. The number of rotatable bonds is 7. The number of nitrogens with zero attached hydrogens (tertiary/aromatic N) is 1. The third kappa shape index (κ3) is 5.08. The van der Waals surface area contributed by atoms with Gasteiger partial charge in [-0.1, -0.05) is 24.3 Å². The standard InChI is InChI=1S/C25H31N3O2/c1-28-15-13-21(14-16-28)26-22-7-2-3-8-23(22)27-25(30)12-11-24(29)20-10-9-18-5-4-6-19(18)17-20/h2-3,7-10,17,21,26H,4-6,11-16H2,1H3,(H,27,30). The second kappa shape index (κ2) is 9.43. The predicted octanol–water partition coefficient (Wildman–Crippen LogP) is 4.28. The van der Waals surface area contributed by atoms with Crippen LogP contribution in [0.2, 0.25) is 0 Å². The summed E-state index contributed by atoms with van der Waals surface area (Å²) in [7, 11) is 2.15. The van der Waals surface area contributed by atoms with Gasteiger partial charge in [0.2, 0.25) is 5.91 Å². The maximum Gasteiger partial charge on any atom is 0.224 e. The fourth-order valence-electron chi connectivity index (χ4n) is 4.42. The highest BCUT2D eigenvalue weighted by atomic mass is 16.2. The second-order valence-corrected chi connectivity index (χ2v) is 8.58. The molecule has 1 heterocycles. The summed E-state index contributed by atoms with van der Waals surface area (Å²) in [6, 6.07) is 14.2. The number of likely N-dealkylation sites (tertiary alicyclic amines) is 1. The summed E-state index contributed by atoms with van der Waals surface area (Å²) >= 11 is 0. The van der Waals surface area contributed by atoms with Crippen molar-refractivity contribution in [1.29, 1.82) is 0 Å². The molecule has 30 heavy (non-hydrogen) atoms. The van der Waals surface area contributed by atoms with Gasteiger partial charge in [0.15, 0.2) is 5.78 Å². The van der Waals surface area contributed by atoms with E-state index in [1.54, 1.807) is 0 Å². The maximum absolute atomic E-state index is 12.6. The zero-order valence-corrected chi connectivity index (χ0v) is 17.7. The number of Topliss-reactive ketones (excluding diaryl/α,β-unsaturated/α-hetero) is 1. The molecule has 5 heteroatoms. The number of anilines is 2. The number of nitrogens with one attached hydrogen (secondary N) is 2. The summed E-state index contributed by atoms with van der Waals surface area (Å²) in [5, 5.41) is 6.57. The highest BCUT2D eigenvalue weighted by molar-refractivity contribution is 6.01. The van der Waals surface area contributed by atoms with Crippen molar-refractivity contribution in [2.75, 3.05) is 30.8 Å². The number of carbonyl (C=O) groups is 2. The Morgan fingerprint density at radius 3 is 2.50 bits per heavy atom. The van der Waals surface area contributed by atoms with Crippen molar-refractivity contribution >= 4 is 23.1 Å². The first-order chi connectivity index (χ1) is 14.6. The van der Waals surface area contributed by atoms with E-state index in [4.69, 9.17) is 0 Å². The van der Waals surface area contributed by atoms with Crippen LogP contribution < -0.4 is 10.6 Å². The first-order valence-corrected chi connectivity index (χ1v) is 11.1. The summed E-state index contributed by atoms with van der Waals surface area (Å²) in [6.07, 6.45) is 5.94. The quantitative estimate of drug-likeness (QED) is 0.675. The lowest BCUT2D eigenvalue weighted by Crippen LogP contribution is -2.36. The van der Waals surface area contributed by atoms with Crippen molar-refractivity contribution in [2.24, 2.45) is 0 Å². The Kier molecular flexibility index (Phi) is 6.48. The number of hydrogen-bond acceptors (Lipinski definition) is 4. The topological polar surface area (TPSA) is 61.4 Å². The number of carbonyl (C=O) groups excluding carboxylic acids is 2. The third-order valence-corrected chi connectivity index (χ3v) is 6.28. The number of piperidine rings is 1. The predicted molar refractivity (Wildman–Crippen MR) is 121 cm³/mol. The second-order valence-electron chi connectivity index (χ2n) is 8.58. The molecule has 1 aliphatic heterocycles. The molecule has 4 rings (SSSR count). The molecule has 0 unspecified atom stereocenters. The van der Waals surface area contributed by atoms with E-state index >= 15 is 0 Å². The molecule has 158 valence electrons. The summed E-state index contributed by atoms with van der Waals surface area (Å²) in [5.41, 5.74) is 5.11. The number of fused-ring (bicyclic) bond motifs is 1. The molecule has 0 atom stereocenters. The van der Waals surface area contributed by atoms with E-state index in [9.17, 15) is 9.59 Å². The molecule has 0 bridgehead atoms. The molecule has 1 saturated heterocycles. The number of para-hydroxylation sites is 2. The Morgan fingerprint density at radius 2 is 1.70 bits per heavy atom. The Hall–Kier alpha value is -2.66. The van der Waals surface area contributed by atoms with Gasteiger partial charge in [0, 0.05) is 24.4 Å². The van der Waals surface area contributed by atoms with Gasteiger partial charge in [-0.15, -0.1) is 0 Å². The normalized spacial score (nSPS) is 16.8. The zero-order valence-electron chi connectivity index (χ0n) is 17.7. The largest absolute Gasteiger partial charge is 0.381 e. The fraction of sp³-hybridized carbons (Fsp3) is 0.440. The van der Waals surface area contributed by atoms with Crippen LogP contribution in [0.4, 0.5) is 11.4 Å². The van der Waals surface area contributed by atoms with E-state index < -0.39 is 0 Å². The molecule has 2 N–H and O–H groups in total. The number of amides is 1. The van der Waals surface area contributed by atoms with Crippen molar-refractivity contribution in [1.82, 2.24) is 4.90 Å². The lowest BCUT2D eigenvalue weighted by atomic mass is 10.0. The summed E-state index contributed by atoms with van der Waals surface area (Å²) < 4.78 is 0. The van der Waals surface area contributed by atoms with Gasteiger partial charge in [-0.25, -0.2) is 0 Å². The minimum atomic E-state index is -0.123. The van der Waals surface area contributed by atoms with E-state index in [1.807, 2.05) is 36.4 Å². The first kappa shape index (κ1) is 20.6. The molecule has 1 fully saturated rings. The van der Waals surface area contributed by atoms with Crippen LogP contribution >= 0.6 is 0 Å². The van der Waals surface area contributed by atoms with Crippen molar-refractivity contribution < 1.29 is 9.59 Å². The number of ketones is 1. The van der Waals surface area contributed by atoms with Gasteiger partial charge in [-0.3, -0.25) is 9.59 Å². The molecule has 0 spiro atoms. The maximum atomic E-state index is 12.6. The van der Waals surface area contributed by atoms with Gasteiger partial charge in [0.1, 0.15) is 0 Å². The van der Waals surface area contributed by atoms with Crippen molar-refractivity contribution in [3.05, 3.63) is 59.2 Å². The Balaban J connectivity index is 1.31. The molecule has 0 radical (unpaired) electrons. The van der Waals surface area contributed by atoms with Gasteiger partial charge in [-0.2, -0.15) is 0 Å². The van der Waals surface area contributed by atoms with E-state index in [-0.39, 0.29) is 24.5 Å². The lowest BCUT2D eigenvalue weighted by molar-refractivity contribution is -0.116. The third-order valence-electron chi connectivity index (χ3n) is 6.28. The molecule has 5 nitrogen and oxygen atoms in total. The number of aryl methyl sites for hydroxylation is 2. The number of hydrogen-bond donors (Lipinski definition) is 2. The van der Waals surface area contributed by atoms with Crippen molar-refractivity contribution in [3.63, 3.8) is 0 Å². The van der Waals surface area contributed by atoms with Crippen LogP contribution in [0.1, 0.15) is 53.6 Å². The Morgan fingerprint density at radius 1 is 0.967 bits per heavy atom. The van der Waals surface area contributed by atoms with Crippen LogP contribution in [0.5, 0.6) is 0 Å². The van der Waals surface area contributed by atoms with Crippen LogP contribution in [0.3, 0.4) is 0 Å². The van der Waals surface area contributed by atoms with Crippen LogP contribution in [-0.2, 0) is 17.6 Å².